The molecule has 1 heterocycles. The Morgan fingerprint density at radius 1 is 0.939 bits per heavy atom. The van der Waals surface area contributed by atoms with E-state index in [2.05, 4.69) is 6.92 Å². The van der Waals surface area contributed by atoms with Crippen LogP contribution < -0.4 is 0 Å². The summed E-state index contributed by atoms with van der Waals surface area (Å²) in [5, 5.41) is 29.9. The second kappa shape index (κ2) is 14.8. The first kappa shape index (κ1) is 29.7. The lowest BCUT2D eigenvalue weighted by Crippen LogP contribution is -2.60. The van der Waals surface area contributed by atoms with Crippen molar-refractivity contribution in [3.63, 3.8) is 0 Å². The van der Waals surface area contributed by atoms with Crippen LogP contribution in [0.2, 0.25) is 0 Å². The summed E-state index contributed by atoms with van der Waals surface area (Å²) in [5.41, 5.74) is 0. The third-order valence-corrected chi connectivity index (χ3v) is 5.74. The molecule has 4 N–H and O–H groups in total. The van der Waals surface area contributed by atoms with Crippen molar-refractivity contribution >= 4 is 22.1 Å². The van der Waals surface area contributed by atoms with Crippen molar-refractivity contribution in [1.82, 2.24) is 0 Å². The second-order valence-corrected chi connectivity index (χ2v) is 9.41. The Morgan fingerprint density at radius 2 is 1.61 bits per heavy atom. The van der Waals surface area contributed by atoms with Gasteiger partial charge in [-0.3, -0.25) is 14.1 Å². The molecule has 0 aromatic rings. The maximum atomic E-state index is 11.9. The molecule has 194 valence electrons. The van der Waals surface area contributed by atoms with Crippen molar-refractivity contribution in [1.29, 1.82) is 0 Å². The Hall–Kier alpha value is -1.35. The number of carbonyl (C=O) groups excluding carboxylic acids is 2. The minimum absolute atomic E-state index is 0.0474. The van der Waals surface area contributed by atoms with Crippen LogP contribution in [0.1, 0.15) is 58.8 Å². The summed E-state index contributed by atoms with van der Waals surface area (Å²) in [6.45, 7) is 2.91. The molecule has 0 aromatic carbocycles. The van der Waals surface area contributed by atoms with Gasteiger partial charge in [0.25, 0.3) is 10.1 Å². The smallest absolute Gasteiger partial charge is 0.305 e. The first-order chi connectivity index (χ1) is 15.5. The summed E-state index contributed by atoms with van der Waals surface area (Å²) in [6, 6.07) is 0. The normalized spacial score (nSPS) is 26.5. The van der Waals surface area contributed by atoms with Gasteiger partial charge in [0.2, 0.25) is 0 Å². The van der Waals surface area contributed by atoms with Gasteiger partial charge in [0.1, 0.15) is 36.8 Å². The van der Waals surface area contributed by atoms with Crippen molar-refractivity contribution < 1.29 is 56.8 Å². The summed E-state index contributed by atoms with van der Waals surface area (Å²) in [4.78, 5) is 23.6. The lowest BCUT2D eigenvalue weighted by atomic mass is 10.00. The zero-order chi connectivity index (χ0) is 25.0. The van der Waals surface area contributed by atoms with Gasteiger partial charge < -0.3 is 34.3 Å². The van der Waals surface area contributed by atoms with E-state index in [0.717, 1.165) is 25.7 Å². The van der Waals surface area contributed by atoms with Gasteiger partial charge in [-0.2, -0.15) is 8.42 Å². The number of carbonyl (C=O) groups is 2. The average molecular weight is 501 g/mol. The van der Waals surface area contributed by atoms with Gasteiger partial charge in [0.05, 0.1) is 6.61 Å². The molecule has 0 amide bonds. The molecule has 1 rings (SSSR count). The van der Waals surface area contributed by atoms with Gasteiger partial charge >= 0.3 is 11.9 Å². The van der Waals surface area contributed by atoms with Crippen molar-refractivity contribution in [2.75, 3.05) is 19.0 Å². The number of hydrogen-bond acceptors (Lipinski definition) is 11. The molecule has 6 atom stereocenters. The highest BCUT2D eigenvalue weighted by atomic mass is 32.2. The predicted molar refractivity (Wildman–Crippen MR) is 114 cm³/mol. The Morgan fingerprint density at radius 3 is 2.21 bits per heavy atom. The Labute approximate surface area is 193 Å². The van der Waals surface area contributed by atoms with E-state index in [1.54, 1.807) is 6.92 Å². The summed E-state index contributed by atoms with van der Waals surface area (Å²) < 4.78 is 52.0. The summed E-state index contributed by atoms with van der Waals surface area (Å²) in [6.07, 6.45) is -4.58. The lowest BCUT2D eigenvalue weighted by molar-refractivity contribution is -0.297. The molecule has 13 heteroatoms. The summed E-state index contributed by atoms with van der Waals surface area (Å²) >= 11 is 0. The lowest BCUT2D eigenvalue weighted by Gasteiger charge is -2.40. The number of aliphatic hydroxyl groups is 3. The third kappa shape index (κ3) is 11.6. The Bertz CT molecular complexity index is 697. The van der Waals surface area contributed by atoms with E-state index in [0.29, 0.717) is 6.42 Å². The molecule has 0 spiro atoms. The zero-order valence-corrected chi connectivity index (χ0v) is 19.8. The van der Waals surface area contributed by atoms with Crippen LogP contribution in [-0.2, 0) is 38.7 Å². The molecular weight excluding hydrogens is 464 g/mol. The second-order valence-electron chi connectivity index (χ2n) is 7.91. The molecule has 12 nitrogen and oxygen atoms in total. The van der Waals surface area contributed by atoms with Gasteiger partial charge in [-0.05, 0) is 6.42 Å². The Kier molecular flexibility index (Phi) is 13.3. The number of aliphatic hydroxyl groups excluding tert-OH is 3. The van der Waals surface area contributed by atoms with Crippen LogP contribution in [0.5, 0.6) is 0 Å². The van der Waals surface area contributed by atoms with E-state index < -0.39 is 71.2 Å². The first-order valence-electron chi connectivity index (χ1n) is 11.1. The number of unbranched alkanes of at least 4 members (excludes halogenated alkanes) is 4. The Balaban J connectivity index is 2.64. The van der Waals surface area contributed by atoms with Crippen LogP contribution >= 0.6 is 0 Å². The molecule has 1 fully saturated rings. The van der Waals surface area contributed by atoms with Gasteiger partial charge in [-0.15, -0.1) is 0 Å². The molecule has 1 unspecified atom stereocenters. The molecule has 1 aliphatic heterocycles. The monoisotopic (exact) mass is 500 g/mol. The fourth-order valence-electron chi connectivity index (χ4n) is 3.12. The van der Waals surface area contributed by atoms with Crippen molar-refractivity contribution in [2.24, 2.45) is 0 Å². The van der Waals surface area contributed by atoms with Crippen LogP contribution in [0.15, 0.2) is 0 Å². The van der Waals surface area contributed by atoms with E-state index in [9.17, 15) is 33.3 Å². The van der Waals surface area contributed by atoms with Crippen LogP contribution in [0.25, 0.3) is 0 Å². The van der Waals surface area contributed by atoms with Crippen LogP contribution in [0, 0.1) is 0 Å². The number of esters is 2. The van der Waals surface area contributed by atoms with Crippen molar-refractivity contribution in [3.05, 3.63) is 0 Å². The highest BCUT2D eigenvalue weighted by molar-refractivity contribution is 7.85. The fraction of sp³-hybridized carbons (Fsp3) is 0.900. The van der Waals surface area contributed by atoms with Gasteiger partial charge in [0.15, 0.2) is 12.4 Å². The molecule has 1 aliphatic rings. The predicted octanol–water partition coefficient (Wildman–Crippen LogP) is -0.0761. The van der Waals surface area contributed by atoms with E-state index in [-0.39, 0.29) is 19.4 Å². The van der Waals surface area contributed by atoms with Crippen LogP contribution in [0.4, 0.5) is 0 Å². The molecule has 0 aromatic heterocycles. The first-order valence-corrected chi connectivity index (χ1v) is 12.7. The fourth-order valence-corrected chi connectivity index (χ4v) is 3.81. The molecule has 0 bridgehead atoms. The molecular formula is C20H36O12S. The van der Waals surface area contributed by atoms with E-state index in [1.807, 2.05) is 0 Å². The number of ether oxygens (including phenoxy) is 4. The van der Waals surface area contributed by atoms with E-state index >= 15 is 0 Å². The van der Waals surface area contributed by atoms with E-state index in [1.165, 1.54) is 0 Å². The number of rotatable bonds is 15. The highest BCUT2D eigenvalue weighted by Crippen LogP contribution is 2.23. The van der Waals surface area contributed by atoms with Crippen LogP contribution in [0.3, 0.4) is 0 Å². The third-order valence-electron chi connectivity index (χ3n) is 4.99. The standard InChI is InChI=1S/C20H36O12S/c1-3-5-6-7-8-9-16(22)29-10-13(31-15(21)4-2)11-30-20-19(25)18(24)17(23)14(32-20)12-33(26,27)28/h13-14,17-20,23-25H,3-12H2,1-2H3,(H,26,27,28)/t13-,14-,17-,18+,19-,20?/m1/s1. The highest BCUT2D eigenvalue weighted by Gasteiger charge is 2.45. The average Bonchev–Trinajstić information content (AvgIpc) is 2.75. The minimum Gasteiger partial charge on any atom is -0.462 e. The summed E-state index contributed by atoms with van der Waals surface area (Å²) in [5.74, 6) is -2.10. The minimum atomic E-state index is -4.56. The van der Waals surface area contributed by atoms with Gasteiger partial charge in [0, 0.05) is 12.8 Å². The number of hydrogen-bond donors (Lipinski definition) is 4. The SMILES string of the molecule is CCCCCCCC(=O)OC[C@H](COC1O[C@H](CS(=O)(=O)O)[C@@H](O)[C@H](O)[C@H]1O)OC(=O)CC. The van der Waals surface area contributed by atoms with Crippen molar-refractivity contribution in [2.45, 2.75) is 95.6 Å². The van der Waals surface area contributed by atoms with Gasteiger partial charge in [-0.1, -0.05) is 39.5 Å². The topological polar surface area (TPSA) is 186 Å². The molecule has 0 aliphatic carbocycles. The molecule has 33 heavy (non-hydrogen) atoms. The van der Waals surface area contributed by atoms with Crippen molar-refractivity contribution in [3.8, 4) is 0 Å². The van der Waals surface area contributed by atoms with E-state index in [4.69, 9.17) is 23.5 Å². The maximum absolute atomic E-state index is 11.9. The maximum Gasteiger partial charge on any atom is 0.305 e. The summed E-state index contributed by atoms with van der Waals surface area (Å²) in [7, 11) is -4.56. The largest absolute Gasteiger partial charge is 0.462 e. The molecule has 1 saturated heterocycles. The molecule has 0 saturated carbocycles. The molecule has 0 radical (unpaired) electrons. The zero-order valence-electron chi connectivity index (χ0n) is 19.0. The van der Waals surface area contributed by atoms with Gasteiger partial charge in [-0.25, -0.2) is 0 Å². The quantitative estimate of drug-likeness (QED) is 0.133. The van der Waals surface area contributed by atoms with Crippen LogP contribution in [-0.4, -0.2) is 96.0 Å².